The number of fused-ring (bicyclic) bond motifs is 5. The third kappa shape index (κ3) is 2.17. The van der Waals surface area contributed by atoms with E-state index in [1.807, 2.05) is 0 Å². The number of rotatable bonds is 3. The lowest BCUT2D eigenvalue weighted by Crippen LogP contribution is -2.46. The fraction of sp³-hybridized carbons (Fsp3) is 0.875. The minimum Gasteiger partial charge on any atom is -0.479 e. The van der Waals surface area contributed by atoms with Crippen molar-refractivity contribution in [3.63, 3.8) is 0 Å². The molecule has 3 aliphatic carbocycles. The van der Waals surface area contributed by atoms with Gasteiger partial charge in [-0.1, -0.05) is 6.42 Å². The molecule has 116 valence electrons. The third-order valence-corrected chi connectivity index (χ3v) is 6.34. The van der Waals surface area contributed by atoms with Gasteiger partial charge in [0, 0.05) is 6.04 Å². The van der Waals surface area contributed by atoms with Crippen molar-refractivity contribution in [2.24, 2.45) is 23.7 Å². The second-order valence-electron chi connectivity index (χ2n) is 7.30. The lowest BCUT2D eigenvalue weighted by molar-refractivity contribution is -0.152. The zero-order valence-corrected chi connectivity index (χ0v) is 12.2. The molecule has 7 atom stereocenters. The van der Waals surface area contributed by atoms with Gasteiger partial charge in [-0.15, -0.1) is 0 Å². The SMILES string of the molecule is O=C(O)C1CCC(C(=O)NC2CC3CC2C2CCCC32)O1. The van der Waals surface area contributed by atoms with E-state index in [1.165, 1.54) is 25.7 Å². The number of carboxylic acid groups (broad SMARTS) is 1. The number of carbonyl (C=O) groups excluding carboxylic acids is 1. The van der Waals surface area contributed by atoms with Crippen molar-refractivity contribution in [3.05, 3.63) is 0 Å². The molecule has 2 bridgehead atoms. The molecule has 5 nitrogen and oxygen atoms in total. The van der Waals surface area contributed by atoms with Crippen LogP contribution in [0.2, 0.25) is 0 Å². The standard InChI is InChI=1S/C16H23NO4/c18-15(13-4-5-14(21-13)16(19)20)17-12-7-8-6-11(12)10-3-1-2-9(8)10/h8-14H,1-7H2,(H,17,18)(H,19,20). The largest absolute Gasteiger partial charge is 0.479 e. The van der Waals surface area contributed by atoms with E-state index in [2.05, 4.69) is 5.32 Å². The molecule has 0 aromatic carbocycles. The van der Waals surface area contributed by atoms with Gasteiger partial charge in [-0.3, -0.25) is 4.79 Å². The summed E-state index contributed by atoms with van der Waals surface area (Å²) in [6.07, 6.45) is 6.07. The molecule has 3 saturated carbocycles. The van der Waals surface area contributed by atoms with Crippen LogP contribution in [0, 0.1) is 23.7 Å². The van der Waals surface area contributed by atoms with Gasteiger partial charge < -0.3 is 15.2 Å². The van der Waals surface area contributed by atoms with E-state index in [0.717, 1.165) is 24.2 Å². The summed E-state index contributed by atoms with van der Waals surface area (Å²) in [7, 11) is 0. The molecule has 0 spiro atoms. The Morgan fingerprint density at radius 3 is 2.48 bits per heavy atom. The fourth-order valence-corrected chi connectivity index (χ4v) is 5.52. The maximum Gasteiger partial charge on any atom is 0.332 e. The molecule has 1 saturated heterocycles. The highest BCUT2D eigenvalue weighted by Gasteiger charge is 2.54. The Hall–Kier alpha value is -1.10. The predicted octanol–water partition coefficient (Wildman–Crippen LogP) is 1.56. The van der Waals surface area contributed by atoms with E-state index in [-0.39, 0.29) is 5.91 Å². The topological polar surface area (TPSA) is 75.6 Å². The minimum atomic E-state index is -0.959. The van der Waals surface area contributed by atoms with Gasteiger partial charge in [0.15, 0.2) is 6.10 Å². The summed E-state index contributed by atoms with van der Waals surface area (Å²) in [6.45, 7) is 0. The molecule has 21 heavy (non-hydrogen) atoms. The van der Waals surface area contributed by atoms with Crippen LogP contribution < -0.4 is 5.32 Å². The van der Waals surface area contributed by atoms with E-state index < -0.39 is 18.2 Å². The number of carboxylic acids is 1. The number of carbonyl (C=O) groups is 2. The van der Waals surface area contributed by atoms with Gasteiger partial charge in [0.1, 0.15) is 6.10 Å². The average Bonchev–Trinajstić information content (AvgIpc) is 3.20. The highest BCUT2D eigenvalue weighted by atomic mass is 16.5. The Morgan fingerprint density at radius 2 is 1.71 bits per heavy atom. The van der Waals surface area contributed by atoms with Crippen LogP contribution in [0.3, 0.4) is 0 Å². The van der Waals surface area contributed by atoms with E-state index in [9.17, 15) is 9.59 Å². The number of ether oxygens (including phenoxy) is 1. The number of hydrogen-bond acceptors (Lipinski definition) is 3. The van der Waals surface area contributed by atoms with Gasteiger partial charge in [0.25, 0.3) is 0 Å². The van der Waals surface area contributed by atoms with Crippen LogP contribution in [0.4, 0.5) is 0 Å². The predicted molar refractivity (Wildman–Crippen MR) is 74.5 cm³/mol. The van der Waals surface area contributed by atoms with Crippen LogP contribution >= 0.6 is 0 Å². The number of nitrogens with one attached hydrogen (secondary N) is 1. The summed E-state index contributed by atoms with van der Waals surface area (Å²) >= 11 is 0. The molecule has 5 heteroatoms. The Labute approximate surface area is 124 Å². The third-order valence-electron chi connectivity index (χ3n) is 6.34. The molecular weight excluding hydrogens is 270 g/mol. The highest BCUT2D eigenvalue weighted by molar-refractivity contribution is 5.83. The molecule has 2 N–H and O–H groups in total. The molecular formula is C16H23NO4. The molecule has 0 aromatic heterocycles. The van der Waals surface area contributed by atoms with Crippen molar-refractivity contribution in [2.45, 2.75) is 63.2 Å². The Morgan fingerprint density at radius 1 is 0.952 bits per heavy atom. The lowest BCUT2D eigenvalue weighted by atomic mass is 9.79. The van der Waals surface area contributed by atoms with Crippen LogP contribution in [0.15, 0.2) is 0 Å². The quantitative estimate of drug-likeness (QED) is 0.828. The minimum absolute atomic E-state index is 0.0918. The van der Waals surface area contributed by atoms with E-state index in [1.54, 1.807) is 0 Å². The molecule has 1 aliphatic heterocycles. The summed E-state index contributed by atoms with van der Waals surface area (Å²) in [6, 6.07) is 0.300. The van der Waals surface area contributed by atoms with E-state index in [4.69, 9.17) is 9.84 Å². The molecule has 4 fully saturated rings. The number of hydrogen-bond donors (Lipinski definition) is 2. The van der Waals surface area contributed by atoms with Crippen molar-refractivity contribution in [3.8, 4) is 0 Å². The maximum absolute atomic E-state index is 12.3. The summed E-state index contributed by atoms with van der Waals surface area (Å²) in [4.78, 5) is 23.2. The molecule has 4 aliphatic rings. The first kappa shape index (κ1) is 13.6. The van der Waals surface area contributed by atoms with Gasteiger partial charge in [-0.25, -0.2) is 4.79 Å². The van der Waals surface area contributed by atoms with Crippen molar-refractivity contribution in [1.82, 2.24) is 5.32 Å². The smallest absolute Gasteiger partial charge is 0.332 e. The monoisotopic (exact) mass is 293 g/mol. The Kier molecular flexibility index (Phi) is 3.21. The van der Waals surface area contributed by atoms with Crippen LogP contribution in [0.25, 0.3) is 0 Å². The van der Waals surface area contributed by atoms with Crippen molar-refractivity contribution in [1.29, 1.82) is 0 Å². The first-order valence-electron chi connectivity index (χ1n) is 8.32. The molecule has 1 amide bonds. The van der Waals surface area contributed by atoms with Crippen LogP contribution in [0.1, 0.15) is 44.9 Å². The van der Waals surface area contributed by atoms with Crippen LogP contribution in [0.5, 0.6) is 0 Å². The average molecular weight is 293 g/mol. The second-order valence-corrected chi connectivity index (χ2v) is 7.30. The van der Waals surface area contributed by atoms with Gasteiger partial charge in [0.05, 0.1) is 0 Å². The van der Waals surface area contributed by atoms with Crippen molar-refractivity contribution < 1.29 is 19.4 Å². The highest BCUT2D eigenvalue weighted by Crippen LogP contribution is 2.58. The molecule has 7 unspecified atom stereocenters. The lowest BCUT2D eigenvalue weighted by Gasteiger charge is -2.32. The normalized spacial score (nSPS) is 47.5. The second kappa shape index (κ2) is 4.97. The first-order chi connectivity index (χ1) is 10.1. The molecule has 1 heterocycles. The van der Waals surface area contributed by atoms with E-state index in [0.29, 0.717) is 24.8 Å². The van der Waals surface area contributed by atoms with Crippen LogP contribution in [-0.2, 0) is 14.3 Å². The Balaban J connectivity index is 1.35. The van der Waals surface area contributed by atoms with Crippen molar-refractivity contribution >= 4 is 11.9 Å². The summed E-state index contributed by atoms with van der Waals surface area (Å²) in [5, 5.41) is 12.1. The number of amides is 1. The number of aliphatic carboxylic acids is 1. The fourth-order valence-electron chi connectivity index (χ4n) is 5.52. The Bertz CT molecular complexity index is 465. The summed E-state index contributed by atoms with van der Waals surface area (Å²) in [5.74, 6) is 2.16. The maximum atomic E-state index is 12.3. The van der Waals surface area contributed by atoms with Gasteiger partial charge >= 0.3 is 5.97 Å². The first-order valence-corrected chi connectivity index (χ1v) is 8.32. The zero-order valence-electron chi connectivity index (χ0n) is 12.2. The molecule has 0 aromatic rings. The zero-order chi connectivity index (χ0) is 14.6. The van der Waals surface area contributed by atoms with Gasteiger partial charge in [-0.2, -0.15) is 0 Å². The summed E-state index contributed by atoms with van der Waals surface area (Å²) < 4.78 is 5.35. The van der Waals surface area contributed by atoms with Crippen molar-refractivity contribution in [2.75, 3.05) is 0 Å². The van der Waals surface area contributed by atoms with E-state index >= 15 is 0 Å². The van der Waals surface area contributed by atoms with Gasteiger partial charge in [-0.05, 0) is 62.2 Å². The summed E-state index contributed by atoms with van der Waals surface area (Å²) in [5.41, 5.74) is 0. The molecule has 0 radical (unpaired) electrons. The van der Waals surface area contributed by atoms with Crippen LogP contribution in [-0.4, -0.2) is 35.2 Å². The van der Waals surface area contributed by atoms with Gasteiger partial charge in [0.2, 0.25) is 5.91 Å². The molecule has 4 rings (SSSR count).